The first kappa shape index (κ1) is 38.5. The van der Waals surface area contributed by atoms with Crippen LogP contribution in [0.1, 0.15) is 92.4 Å². The molecular formula is C26H53O10P. The molecule has 0 spiro atoms. The molecule has 0 heterocycles. The molecule has 0 amide bonds. The zero-order valence-electron chi connectivity index (χ0n) is 23.3. The zero-order chi connectivity index (χ0) is 29.0. The standard InChI is InChI=1S/C20H41O4P.C6H12O6/c1-17(2)9-6-10-18(3)11-7-12-19(4)13-8-14-20(5)15-16-24-25(21,22)23;7-1-3(9)5(11)6(12)4(10)2-8/h15,17-19H,6-14,16H2,1-5H3,(H2,21,22,23);1,3-6,8-12H,2H2/b20-15+;/t18-,19-;3-,4-,5-,6-/m11/s1. The second kappa shape index (κ2) is 22.2. The largest absolute Gasteiger partial charge is 0.469 e. The van der Waals surface area contributed by atoms with Crippen LogP contribution in [0.2, 0.25) is 0 Å². The van der Waals surface area contributed by atoms with E-state index < -0.39 is 38.8 Å². The predicted octanol–water partition coefficient (Wildman–Crippen LogP) is 3.10. The van der Waals surface area contributed by atoms with Crippen LogP contribution < -0.4 is 0 Å². The summed E-state index contributed by atoms with van der Waals surface area (Å²) in [6.45, 7) is 10.5. The lowest BCUT2D eigenvalue weighted by molar-refractivity contribution is -0.136. The number of carbonyl (C=O) groups is 1. The van der Waals surface area contributed by atoms with E-state index in [2.05, 4.69) is 32.2 Å². The van der Waals surface area contributed by atoms with Crippen molar-refractivity contribution in [1.29, 1.82) is 0 Å². The van der Waals surface area contributed by atoms with Gasteiger partial charge in [0.1, 0.15) is 24.4 Å². The molecule has 0 fully saturated rings. The van der Waals surface area contributed by atoms with Crippen molar-refractivity contribution >= 4 is 14.1 Å². The van der Waals surface area contributed by atoms with Gasteiger partial charge in [-0.25, -0.2) is 4.57 Å². The summed E-state index contributed by atoms with van der Waals surface area (Å²) in [5.74, 6) is 2.43. The molecular weight excluding hydrogens is 503 g/mol. The highest BCUT2D eigenvalue weighted by Gasteiger charge is 2.29. The number of phosphoric acid groups is 1. The van der Waals surface area contributed by atoms with E-state index in [-0.39, 0.29) is 12.9 Å². The van der Waals surface area contributed by atoms with Gasteiger partial charge < -0.3 is 40.1 Å². The Balaban J connectivity index is 0. The van der Waals surface area contributed by atoms with Crippen LogP contribution in [0.25, 0.3) is 0 Å². The quantitative estimate of drug-likeness (QED) is 0.0667. The third kappa shape index (κ3) is 24.1. The van der Waals surface area contributed by atoms with Crippen molar-refractivity contribution in [1.82, 2.24) is 0 Å². The normalized spacial score (nSPS) is 17.4. The van der Waals surface area contributed by atoms with Crippen molar-refractivity contribution in [3.8, 4) is 0 Å². The first-order valence-electron chi connectivity index (χ1n) is 13.3. The molecule has 0 unspecified atom stereocenters. The number of aliphatic hydroxyl groups is 5. The number of phosphoric ester groups is 1. The van der Waals surface area contributed by atoms with Gasteiger partial charge in [-0.05, 0) is 37.5 Å². The average molecular weight is 557 g/mol. The first-order valence-corrected chi connectivity index (χ1v) is 14.8. The second-order valence-corrected chi connectivity index (χ2v) is 11.8. The molecule has 0 saturated carbocycles. The lowest BCUT2D eigenvalue weighted by atomic mass is 9.91. The molecule has 37 heavy (non-hydrogen) atoms. The van der Waals surface area contributed by atoms with Crippen LogP contribution in [-0.4, -0.2) is 79.2 Å². The zero-order valence-corrected chi connectivity index (χ0v) is 24.2. The maximum Gasteiger partial charge on any atom is 0.469 e. The Morgan fingerprint density at radius 3 is 1.76 bits per heavy atom. The van der Waals surface area contributed by atoms with Gasteiger partial charge in [-0.3, -0.25) is 4.52 Å². The number of aliphatic hydroxyl groups excluding tert-OH is 5. The van der Waals surface area contributed by atoms with Crippen molar-refractivity contribution in [2.45, 2.75) is 117 Å². The molecule has 0 aromatic heterocycles. The fourth-order valence-corrected chi connectivity index (χ4v) is 3.97. The Morgan fingerprint density at radius 2 is 1.32 bits per heavy atom. The number of hydrogen-bond acceptors (Lipinski definition) is 8. The number of allylic oxidation sites excluding steroid dienone is 1. The maximum atomic E-state index is 10.6. The summed E-state index contributed by atoms with van der Waals surface area (Å²) in [5, 5.41) is 43.5. The van der Waals surface area contributed by atoms with E-state index in [1.165, 1.54) is 44.9 Å². The molecule has 0 aliphatic heterocycles. The molecule has 11 heteroatoms. The van der Waals surface area contributed by atoms with Crippen LogP contribution in [0.3, 0.4) is 0 Å². The van der Waals surface area contributed by atoms with Gasteiger partial charge in [0.25, 0.3) is 0 Å². The molecule has 10 nitrogen and oxygen atoms in total. The Kier molecular flexibility index (Phi) is 23.0. The van der Waals surface area contributed by atoms with E-state index in [0.717, 1.165) is 36.2 Å². The van der Waals surface area contributed by atoms with Gasteiger partial charge in [0.2, 0.25) is 0 Å². The smallest absolute Gasteiger partial charge is 0.394 e. The summed E-state index contributed by atoms with van der Waals surface area (Å²) >= 11 is 0. The molecule has 0 aromatic carbocycles. The van der Waals surface area contributed by atoms with Crippen molar-refractivity contribution in [3.63, 3.8) is 0 Å². The summed E-state index contributed by atoms with van der Waals surface area (Å²) < 4.78 is 15.0. The topological polar surface area (TPSA) is 185 Å². The van der Waals surface area contributed by atoms with Gasteiger partial charge in [-0.15, -0.1) is 0 Å². The van der Waals surface area contributed by atoms with E-state index in [0.29, 0.717) is 0 Å². The van der Waals surface area contributed by atoms with Crippen molar-refractivity contribution in [2.24, 2.45) is 17.8 Å². The van der Waals surface area contributed by atoms with E-state index >= 15 is 0 Å². The Hall–Kier alpha value is -0.680. The third-order valence-electron chi connectivity index (χ3n) is 6.24. The number of rotatable bonds is 20. The summed E-state index contributed by atoms with van der Waals surface area (Å²) in [4.78, 5) is 27.2. The average Bonchev–Trinajstić information content (AvgIpc) is 2.81. The predicted molar refractivity (Wildman–Crippen MR) is 144 cm³/mol. The van der Waals surface area contributed by atoms with E-state index in [1.807, 2.05) is 6.92 Å². The number of hydrogen-bond donors (Lipinski definition) is 7. The van der Waals surface area contributed by atoms with Gasteiger partial charge in [0, 0.05) is 0 Å². The summed E-state index contributed by atoms with van der Waals surface area (Å²) in [6, 6.07) is 0. The minimum Gasteiger partial charge on any atom is -0.394 e. The summed E-state index contributed by atoms with van der Waals surface area (Å²) in [6.07, 6.45) is 6.31. The molecule has 0 saturated heterocycles. The molecule has 7 N–H and O–H groups in total. The first-order chi connectivity index (χ1) is 17.1. The van der Waals surface area contributed by atoms with Crippen molar-refractivity contribution in [3.05, 3.63) is 11.6 Å². The maximum absolute atomic E-state index is 10.6. The van der Waals surface area contributed by atoms with Gasteiger partial charge in [-0.1, -0.05) is 84.3 Å². The minimum absolute atomic E-state index is 0.0135. The highest BCUT2D eigenvalue weighted by Crippen LogP contribution is 2.35. The van der Waals surface area contributed by atoms with Crippen LogP contribution in [0.4, 0.5) is 0 Å². The van der Waals surface area contributed by atoms with Gasteiger partial charge in [0.15, 0.2) is 6.29 Å². The van der Waals surface area contributed by atoms with Crippen molar-refractivity contribution in [2.75, 3.05) is 13.2 Å². The van der Waals surface area contributed by atoms with Crippen LogP contribution in [0.15, 0.2) is 11.6 Å². The summed E-state index contributed by atoms with van der Waals surface area (Å²) in [5.41, 5.74) is 1.14. The molecule has 6 atom stereocenters. The SMILES string of the molecule is C/C(=C\COP(=O)(O)O)CCC[C@H](C)CCC[C@H](C)CCCC(C)C.O=C[C@@H](O)[C@@H](O)[C@H](O)[C@H](O)CO. The molecule has 0 rings (SSSR count). The molecule has 0 radical (unpaired) electrons. The van der Waals surface area contributed by atoms with E-state index in [4.69, 9.17) is 35.3 Å². The number of carbonyl (C=O) groups excluding carboxylic acids is 1. The van der Waals surface area contributed by atoms with E-state index in [9.17, 15) is 9.36 Å². The van der Waals surface area contributed by atoms with Crippen molar-refractivity contribution < 1.29 is 49.2 Å². The Morgan fingerprint density at radius 1 is 0.838 bits per heavy atom. The number of aldehydes is 1. The Bertz CT molecular complexity index is 637. The molecule has 0 aromatic rings. The fourth-order valence-electron chi connectivity index (χ4n) is 3.70. The van der Waals surface area contributed by atoms with E-state index in [1.54, 1.807) is 6.08 Å². The van der Waals surface area contributed by atoms with Gasteiger partial charge in [-0.2, -0.15) is 0 Å². The Labute approximate surface area is 223 Å². The minimum atomic E-state index is -4.34. The molecule has 0 bridgehead atoms. The van der Waals surface area contributed by atoms with Gasteiger partial charge >= 0.3 is 7.82 Å². The molecule has 222 valence electrons. The monoisotopic (exact) mass is 556 g/mol. The fraction of sp³-hybridized carbons (Fsp3) is 0.885. The van der Waals surface area contributed by atoms with Crippen LogP contribution in [0.5, 0.6) is 0 Å². The van der Waals surface area contributed by atoms with Gasteiger partial charge in [0.05, 0.1) is 13.2 Å². The summed E-state index contributed by atoms with van der Waals surface area (Å²) in [7, 11) is -4.34. The van der Waals surface area contributed by atoms with Crippen LogP contribution >= 0.6 is 7.82 Å². The second-order valence-electron chi connectivity index (χ2n) is 10.6. The van der Waals surface area contributed by atoms with Crippen LogP contribution in [0, 0.1) is 17.8 Å². The lowest BCUT2D eigenvalue weighted by Crippen LogP contribution is -2.46. The molecule has 0 aliphatic carbocycles. The lowest BCUT2D eigenvalue weighted by Gasteiger charge is -2.22. The highest BCUT2D eigenvalue weighted by molar-refractivity contribution is 7.46. The third-order valence-corrected chi connectivity index (χ3v) is 6.72. The van der Waals surface area contributed by atoms with Crippen LogP contribution in [-0.2, 0) is 13.9 Å². The highest BCUT2D eigenvalue weighted by atomic mass is 31.2. The molecule has 0 aliphatic rings.